The van der Waals surface area contributed by atoms with E-state index in [0.29, 0.717) is 0 Å². The third-order valence-corrected chi connectivity index (χ3v) is 5.94. The van der Waals surface area contributed by atoms with Gasteiger partial charge in [0.15, 0.2) is 0 Å². The zero-order chi connectivity index (χ0) is 18.7. The molecule has 27 heavy (non-hydrogen) atoms. The zero-order valence-electron chi connectivity index (χ0n) is 16.2. The van der Waals surface area contributed by atoms with Gasteiger partial charge in [0, 0.05) is 45.8 Å². The normalized spacial score (nSPS) is 24.8. The van der Waals surface area contributed by atoms with Crippen molar-refractivity contribution >= 4 is 5.91 Å². The van der Waals surface area contributed by atoms with Gasteiger partial charge in [-0.1, -0.05) is 12.1 Å². The van der Waals surface area contributed by atoms with Crippen LogP contribution in [0.3, 0.4) is 0 Å². The van der Waals surface area contributed by atoms with E-state index in [2.05, 4.69) is 17.0 Å². The molecule has 0 bridgehead atoms. The maximum absolute atomic E-state index is 12.2. The van der Waals surface area contributed by atoms with Crippen molar-refractivity contribution in [3.05, 3.63) is 29.8 Å². The number of ether oxygens (including phenoxy) is 3. The summed E-state index contributed by atoms with van der Waals surface area (Å²) in [7, 11) is 1.69. The number of rotatable bonds is 6. The monoisotopic (exact) mass is 374 g/mol. The molecule has 0 unspecified atom stereocenters. The fourth-order valence-corrected chi connectivity index (χ4v) is 4.46. The fourth-order valence-electron chi connectivity index (χ4n) is 4.46. The molecule has 4 rings (SSSR count). The number of methoxy groups -OCH3 is 1. The second kappa shape index (κ2) is 8.17. The van der Waals surface area contributed by atoms with Crippen LogP contribution in [0.2, 0.25) is 0 Å². The molecule has 1 atom stereocenters. The first-order valence-electron chi connectivity index (χ1n) is 10.0. The lowest BCUT2D eigenvalue weighted by Crippen LogP contribution is -2.65. The molecular formula is C21H30N2O4. The van der Waals surface area contributed by atoms with Crippen molar-refractivity contribution < 1.29 is 19.0 Å². The van der Waals surface area contributed by atoms with E-state index in [0.717, 1.165) is 70.8 Å². The number of nitrogens with zero attached hydrogens (tertiary/aromatic N) is 2. The molecular weight excluding hydrogens is 344 g/mol. The first-order chi connectivity index (χ1) is 13.2. The second-order valence-corrected chi connectivity index (χ2v) is 8.04. The molecule has 6 heteroatoms. The predicted octanol–water partition coefficient (Wildman–Crippen LogP) is 2.07. The lowest BCUT2D eigenvalue weighted by molar-refractivity contribution is -0.200. The Morgan fingerprint density at radius 3 is 2.67 bits per heavy atom. The first kappa shape index (κ1) is 18.7. The Morgan fingerprint density at radius 2 is 1.96 bits per heavy atom. The van der Waals surface area contributed by atoms with E-state index >= 15 is 0 Å². The number of hydrogen-bond donors (Lipinski definition) is 0. The van der Waals surface area contributed by atoms with Crippen LogP contribution in [0, 0.1) is 0 Å². The molecule has 0 aliphatic carbocycles. The molecule has 1 aromatic carbocycles. The van der Waals surface area contributed by atoms with Crippen LogP contribution in [0.1, 0.15) is 31.2 Å². The molecule has 3 fully saturated rings. The van der Waals surface area contributed by atoms with Crippen LogP contribution in [0.15, 0.2) is 24.3 Å². The molecule has 6 nitrogen and oxygen atoms in total. The third-order valence-electron chi connectivity index (χ3n) is 5.94. The average Bonchev–Trinajstić information content (AvgIpc) is 3.21. The predicted molar refractivity (Wildman–Crippen MR) is 102 cm³/mol. The van der Waals surface area contributed by atoms with E-state index in [1.54, 1.807) is 7.11 Å². The molecule has 3 saturated heterocycles. The van der Waals surface area contributed by atoms with E-state index in [9.17, 15) is 4.79 Å². The first-order valence-corrected chi connectivity index (χ1v) is 10.0. The highest BCUT2D eigenvalue weighted by molar-refractivity contribution is 5.77. The van der Waals surface area contributed by atoms with Crippen molar-refractivity contribution in [3.63, 3.8) is 0 Å². The lowest BCUT2D eigenvalue weighted by Gasteiger charge is -2.53. The van der Waals surface area contributed by atoms with E-state index in [4.69, 9.17) is 14.2 Å². The summed E-state index contributed by atoms with van der Waals surface area (Å²) in [6.07, 6.45) is 4.15. The van der Waals surface area contributed by atoms with Crippen molar-refractivity contribution in [3.8, 4) is 5.75 Å². The summed E-state index contributed by atoms with van der Waals surface area (Å²) in [6, 6.07) is 8.23. The molecule has 1 aromatic rings. The Balaban J connectivity index is 1.22. The van der Waals surface area contributed by atoms with Gasteiger partial charge in [0.2, 0.25) is 5.91 Å². The van der Waals surface area contributed by atoms with Gasteiger partial charge in [-0.05, 0) is 37.0 Å². The van der Waals surface area contributed by atoms with Crippen LogP contribution in [0.5, 0.6) is 5.75 Å². The molecule has 3 heterocycles. The van der Waals surface area contributed by atoms with Gasteiger partial charge in [-0.15, -0.1) is 0 Å². The summed E-state index contributed by atoms with van der Waals surface area (Å²) < 4.78 is 17.3. The summed E-state index contributed by atoms with van der Waals surface area (Å²) in [5, 5.41) is 0. The van der Waals surface area contributed by atoms with E-state index < -0.39 is 0 Å². The minimum absolute atomic E-state index is 0.0912. The van der Waals surface area contributed by atoms with Crippen LogP contribution in [0.25, 0.3) is 0 Å². The van der Waals surface area contributed by atoms with E-state index in [1.165, 1.54) is 5.56 Å². The van der Waals surface area contributed by atoms with Gasteiger partial charge in [-0.2, -0.15) is 0 Å². The summed E-state index contributed by atoms with van der Waals surface area (Å²) >= 11 is 0. The molecule has 3 aliphatic rings. The lowest BCUT2D eigenvalue weighted by atomic mass is 9.84. The summed E-state index contributed by atoms with van der Waals surface area (Å²) in [4.78, 5) is 16.5. The van der Waals surface area contributed by atoms with Gasteiger partial charge >= 0.3 is 0 Å². The number of carbonyl (C=O) groups is 1. The molecule has 0 aromatic heterocycles. The minimum Gasteiger partial charge on any atom is -0.497 e. The van der Waals surface area contributed by atoms with Crippen molar-refractivity contribution in [2.45, 2.75) is 43.9 Å². The number of hydrogen-bond acceptors (Lipinski definition) is 5. The number of amides is 1. The minimum atomic E-state index is -0.0912. The second-order valence-electron chi connectivity index (χ2n) is 8.04. The smallest absolute Gasteiger partial charge is 0.248 e. The Labute approximate surface area is 161 Å². The Morgan fingerprint density at radius 1 is 1.22 bits per heavy atom. The fraction of sp³-hybridized carbons (Fsp3) is 0.667. The Kier molecular flexibility index (Phi) is 5.66. The highest BCUT2D eigenvalue weighted by atomic mass is 16.5. The molecule has 1 spiro atoms. The SMILES string of the molecule is COc1ccc(CN2CC3(C[C@H](OCC(=O)N4CCCC4)CCO3)C2)cc1. The number of likely N-dealkylation sites (tertiary alicyclic amines) is 2. The van der Waals surface area contributed by atoms with Crippen molar-refractivity contribution in [2.24, 2.45) is 0 Å². The van der Waals surface area contributed by atoms with Crippen LogP contribution < -0.4 is 4.74 Å². The highest BCUT2D eigenvalue weighted by Gasteiger charge is 2.47. The van der Waals surface area contributed by atoms with E-state index in [1.807, 2.05) is 17.0 Å². The maximum atomic E-state index is 12.2. The van der Waals surface area contributed by atoms with Gasteiger partial charge in [-0.25, -0.2) is 0 Å². The molecule has 0 N–H and O–H groups in total. The van der Waals surface area contributed by atoms with Crippen LogP contribution in [-0.4, -0.2) is 73.9 Å². The molecule has 148 valence electrons. The number of carbonyl (C=O) groups excluding carboxylic acids is 1. The maximum Gasteiger partial charge on any atom is 0.248 e. The van der Waals surface area contributed by atoms with Gasteiger partial charge < -0.3 is 19.1 Å². The van der Waals surface area contributed by atoms with Gasteiger partial charge in [0.1, 0.15) is 12.4 Å². The summed E-state index contributed by atoms with van der Waals surface area (Å²) in [6.45, 7) is 5.50. The van der Waals surface area contributed by atoms with Crippen molar-refractivity contribution in [2.75, 3.05) is 46.5 Å². The van der Waals surface area contributed by atoms with E-state index in [-0.39, 0.29) is 24.2 Å². The Bertz CT molecular complexity index is 636. The highest BCUT2D eigenvalue weighted by Crippen LogP contribution is 2.36. The van der Waals surface area contributed by atoms with Crippen LogP contribution in [-0.2, 0) is 20.8 Å². The quantitative estimate of drug-likeness (QED) is 0.763. The molecule has 0 radical (unpaired) electrons. The zero-order valence-corrected chi connectivity index (χ0v) is 16.2. The standard InChI is InChI=1S/C21H30N2O4/c1-25-18-6-4-17(5-7-18)13-22-15-21(16-22)12-19(8-11-27-21)26-14-20(24)23-9-2-3-10-23/h4-7,19H,2-3,8-16H2,1H3/t19-/m1/s1. The third kappa shape index (κ3) is 4.45. The van der Waals surface area contributed by atoms with Gasteiger partial charge in [-0.3, -0.25) is 9.69 Å². The summed E-state index contributed by atoms with van der Waals surface area (Å²) in [5.74, 6) is 1.03. The Hall–Kier alpha value is -1.63. The van der Waals surface area contributed by atoms with Crippen LogP contribution >= 0.6 is 0 Å². The van der Waals surface area contributed by atoms with Crippen molar-refractivity contribution in [1.82, 2.24) is 9.80 Å². The van der Waals surface area contributed by atoms with Crippen LogP contribution in [0.4, 0.5) is 0 Å². The van der Waals surface area contributed by atoms with Gasteiger partial charge in [0.25, 0.3) is 0 Å². The average molecular weight is 374 g/mol. The summed E-state index contributed by atoms with van der Waals surface area (Å²) in [5.41, 5.74) is 1.19. The van der Waals surface area contributed by atoms with Gasteiger partial charge in [0.05, 0.1) is 18.8 Å². The molecule has 3 aliphatic heterocycles. The molecule has 1 amide bonds. The largest absolute Gasteiger partial charge is 0.497 e. The van der Waals surface area contributed by atoms with Crippen molar-refractivity contribution in [1.29, 1.82) is 0 Å². The number of benzene rings is 1. The molecule has 0 saturated carbocycles. The topological polar surface area (TPSA) is 51.2 Å².